The molecule has 18 heavy (non-hydrogen) atoms. The molecule has 1 aromatic rings. The Hall–Kier alpha value is -2.35. The van der Waals surface area contributed by atoms with E-state index in [0.29, 0.717) is 17.7 Å². The van der Waals surface area contributed by atoms with Gasteiger partial charge in [-0.1, -0.05) is 6.07 Å². The first-order valence-corrected chi connectivity index (χ1v) is 5.54. The summed E-state index contributed by atoms with van der Waals surface area (Å²) in [7, 11) is 3.19. The van der Waals surface area contributed by atoms with E-state index in [-0.39, 0.29) is 18.2 Å². The van der Waals surface area contributed by atoms with Crippen molar-refractivity contribution in [2.45, 2.75) is 6.42 Å². The van der Waals surface area contributed by atoms with Crippen molar-refractivity contribution in [3.8, 4) is 6.07 Å². The zero-order valence-electron chi connectivity index (χ0n) is 10.4. The molecule has 0 aliphatic heterocycles. The van der Waals surface area contributed by atoms with Crippen LogP contribution in [-0.4, -0.2) is 37.4 Å². The number of nitriles is 1. The molecule has 0 atom stereocenters. The van der Waals surface area contributed by atoms with Gasteiger partial charge in [0.1, 0.15) is 0 Å². The smallest absolute Gasteiger partial charge is 0.253 e. The van der Waals surface area contributed by atoms with Gasteiger partial charge in [-0.25, -0.2) is 0 Å². The normalized spacial score (nSPS) is 9.39. The maximum Gasteiger partial charge on any atom is 0.253 e. The highest BCUT2D eigenvalue weighted by atomic mass is 16.2. The SMILES string of the molecule is CNC(=O)CCN(C)C(=O)c1cccc(C#N)c1. The van der Waals surface area contributed by atoms with Gasteiger partial charge in [-0.3, -0.25) is 9.59 Å². The molecule has 0 aliphatic carbocycles. The Morgan fingerprint density at radius 1 is 1.44 bits per heavy atom. The summed E-state index contributed by atoms with van der Waals surface area (Å²) in [6.07, 6.45) is 0.261. The van der Waals surface area contributed by atoms with E-state index < -0.39 is 0 Å². The topological polar surface area (TPSA) is 73.2 Å². The van der Waals surface area contributed by atoms with Crippen LogP contribution < -0.4 is 5.32 Å². The van der Waals surface area contributed by atoms with Crippen molar-refractivity contribution >= 4 is 11.8 Å². The van der Waals surface area contributed by atoms with Crippen LogP contribution in [0.5, 0.6) is 0 Å². The minimum absolute atomic E-state index is 0.111. The Kier molecular flexibility index (Phi) is 4.88. The lowest BCUT2D eigenvalue weighted by Gasteiger charge is -2.16. The summed E-state index contributed by atoms with van der Waals surface area (Å²) in [5.41, 5.74) is 0.897. The summed E-state index contributed by atoms with van der Waals surface area (Å²) in [6, 6.07) is 8.48. The van der Waals surface area contributed by atoms with Gasteiger partial charge in [-0.15, -0.1) is 0 Å². The summed E-state index contributed by atoms with van der Waals surface area (Å²) in [6.45, 7) is 0.343. The van der Waals surface area contributed by atoms with Crippen molar-refractivity contribution in [1.82, 2.24) is 10.2 Å². The van der Waals surface area contributed by atoms with E-state index in [1.54, 1.807) is 38.4 Å². The first-order valence-electron chi connectivity index (χ1n) is 5.54. The molecular weight excluding hydrogens is 230 g/mol. The first-order chi connectivity index (χ1) is 8.58. The van der Waals surface area contributed by atoms with Crippen molar-refractivity contribution in [2.24, 2.45) is 0 Å². The molecule has 2 amide bonds. The van der Waals surface area contributed by atoms with Crippen LogP contribution >= 0.6 is 0 Å². The molecule has 0 fully saturated rings. The van der Waals surface area contributed by atoms with Gasteiger partial charge in [0.25, 0.3) is 5.91 Å². The molecule has 0 radical (unpaired) electrons. The molecule has 1 rings (SSSR count). The zero-order valence-corrected chi connectivity index (χ0v) is 10.4. The number of carbonyl (C=O) groups excluding carboxylic acids is 2. The monoisotopic (exact) mass is 245 g/mol. The van der Waals surface area contributed by atoms with E-state index in [4.69, 9.17) is 5.26 Å². The van der Waals surface area contributed by atoms with E-state index in [1.807, 2.05) is 6.07 Å². The van der Waals surface area contributed by atoms with Crippen LogP contribution in [0.4, 0.5) is 0 Å². The van der Waals surface area contributed by atoms with Gasteiger partial charge in [-0.05, 0) is 18.2 Å². The lowest BCUT2D eigenvalue weighted by Crippen LogP contribution is -2.31. The van der Waals surface area contributed by atoms with Crippen molar-refractivity contribution in [2.75, 3.05) is 20.6 Å². The van der Waals surface area contributed by atoms with E-state index in [9.17, 15) is 9.59 Å². The first kappa shape index (κ1) is 13.7. The number of benzene rings is 1. The molecule has 0 heterocycles. The largest absolute Gasteiger partial charge is 0.359 e. The number of nitrogens with zero attached hydrogens (tertiary/aromatic N) is 2. The summed E-state index contributed by atoms with van der Waals surface area (Å²) < 4.78 is 0. The molecule has 1 N–H and O–H groups in total. The molecule has 1 aromatic carbocycles. The second kappa shape index (κ2) is 6.40. The standard InChI is InChI=1S/C13H15N3O2/c1-15-12(17)6-7-16(2)13(18)11-5-3-4-10(8-11)9-14/h3-5,8H,6-7H2,1-2H3,(H,15,17). The van der Waals surface area contributed by atoms with Crippen molar-refractivity contribution in [3.63, 3.8) is 0 Å². The Bertz CT molecular complexity index is 491. The van der Waals surface area contributed by atoms with E-state index in [2.05, 4.69) is 5.32 Å². The molecule has 5 heteroatoms. The lowest BCUT2D eigenvalue weighted by molar-refractivity contribution is -0.120. The highest BCUT2D eigenvalue weighted by Gasteiger charge is 2.12. The Morgan fingerprint density at radius 2 is 2.17 bits per heavy atom. The van der Waals surface area contributed by atoms with E-state index in [0.717, 1.165) is 0 Å². The maximum absolute atomic E-state index is 12.0. The molecule has 0 unspecified atom stereocenters. The molecule has 0 aromatic heterocycles. The third-order valence-corrected chi connectivity index (χ3v) is 2.54. The predicted molar refractivity (Wildman–Crippen MR) is 66.8 cm³/mol. The fourth-order valence-electron chi connectivity index (χ4n) is 1.44. The van der Waals surface area contributed by atoms with Crippen LogP contribution in [0.2, 0.25) is 0 Å². The minimum atomic E-state index is -0.198. The van der Waals surface area contributed by atoms with Crippen LogP contribution in [0.25, 0.3) is 0 Å². The van der Waals surface area contributed by atoms with Gasteiger partial charge in [0.05, 0.1) is 11.6 Å². The molecule has 94 valence electrons. The summed E-state index contributed by atoms with van der Waals surface area (Å²) in [5.74, 6) is -0.309. The van der Waals surface area contributed by atoms with Crippen LogP contribution in [0.15, 0.2) is 24.3 Å². The number of hydrogen-bond donors (Lipinski definition) is 1. The average Bonchev–Trinajstić information content (AvgIpc) is 2.43. The van der Waals surface area contributed by atoms with Crippen LogP contribution in [0, 0.1) is 11.3 Å². The molecule has 0 bridgehead atoms. The van der Waals surface area contributed by atoms with Crippen LogP contribution in [0.3, 0.4) is 0 Å². The fraction of sp³-hybridized carbons (Fsp3) is 0.308. The quantitative estimate of drug-likeness (QED) is 0.851. The maximum atomic E-state index is 12.0. The van der Waals surface area contributed by atoms with Gasteiger partial charge < -0.3 is 10.2 Å². The van der Waals surface area contributed by atoms with E-state index in [1.165, 1.54) is 4.90 Å². The molecular formula is C13H15N3O2. The molecule has 0 spiro atoms. The van der Waals surface area contributed by atoms with Gasteiger partial charge in [0.2, 0.25) is 5.91 Å². The molecule has 5 nitrogen and oxygen atoms in total. The van der Waals surface area contributed by atoms with Gasteiger partial charge >= 0.3 is 0 Å². The zero-order chi connectivity index (χ0) is 13.5. The van der Waals surface area contributed by atoms with Crippen molar-refractivity contribution in [3.05, 3.63) is 35.4 Å². The van der Waals surface area contributed by atoms with Gasteiger partial charge in [0.15, 0.2) is 0 Å². The third kappa shape index (κ3) is 3.59. The second-order valence-corrected chi connectivity index (χ2v) is 3.84. The number of nitrogens with one attached hydrogen (secondary N) is 1. The van der Waals surface area contributed by atoms with Crippen LogP contribution in [0.1, 0.15) is 22.3 Å². The summed E-state index contributed by atoms with van der Waals surface area (Å²) >= 11 is 0. The minimum Gasteiger partial charge on any atom is -0.359 e. The highest BCUT2D eigenvalue weighted by Crippen LogP contribution is 2.07. The Morgan fingerprint density at radius 3 is 2.78 bits per heavy atom. The number of hydrogen-bond acceptors (Lipinski definition) is 3. The van der Waals surface area contributed by atoms with Gasteiger partial charge in [-0.2, -0.15) is 5.26 Å². The highest BCUT2D eigenvalue weighted by molar-refractivity contribution is 5.94. The third-order valence-electron chi connectivity index (χ3n) is 2.54. The number of amides is 2. The number of rotatable bonds is 4. The summed E-state index contributed by atoms with van der Waals surface area (Å²) in [4.78, 5) is 24.5. The Balaban J connectivity index is 2.68. The Labute approximate surface area is 106 Å². The van der Waals surface area contributed by atoms with Crippen LogP contribution in [-0.2, 0) is 4.79 Å². The lowest BCUT2D eigenvalue weighted by atomic mass is 10.1. The molecule has 0 aliphatic rings. The predicted octanol–water partition coefficient (Wildman–Crippen LogP) is 0.766. The van der Waals surface area contributed by atoms with Gasteiger partial charge in [0, 0.05) is 32.6 Å². The number of carbonyl (C=O) groups is 2. The summed E-state index contributed by atoms with van der Waals surface area (Å²) in [5, 5.41) is 11.3. The fourth-order valence-corrected chi connectivity index (χ4v) is 1.44. The second-order valence-electron chi connectivity index (χ2n) is 3.84. The van der Waals surface area contributed by atoms with Crippen molar-refractivity contribution in [1.29, 1.82) is 5.26 Å². The van der Waals surface area contributed by atoms with Crippen molar-refractivity contribution < 1.29 is 9.59 Å². The average molecular weight is 245 g/mol. The molecule has 0 saturated heterocycles. The van der Waals surface area contributed by atoms with E-state index >= 15 is 0 Å². The molecule has 0 saturated carbocycles.